The number of aromatic nitrogens is 2. The van der Waals surface area contributed by atoms with Crippen molar-refractivity contribution < 1.29 is 13.9 Å². The smallest absolute Gasteiger partial charge is 0.272 e. The molecule has 2 aromatic heterocycles. The molecule has 0 aliphatic carbocycles. The van der Waals surface area contributed by atoms with E-state index in [1.807, 2.05) is 41.3 Å². The number of ether oxygens (including phenoxy) is 1. The largest absolute Gasteiger partial charge is 0.497 e. The molecule has 8 heteroatoms. The summed E-state index contributed by atoms with van der Waals surface area (Å²) in [6, 6.07) is 13.3. The number of piperazine rings is 1. The fraction of sp³-hybridized carbons (Fsp3) is 0.286. The second-order valence-corrected chi connectivity index (χ2v) is 6.68. The quantitative estimate of drug-likeness (QED) is 0.689. The zero-order valence-corrected chi connectivity index (χ0v) is 16.2. The van der Waals surface area contributed by atoms with E-state index in [-0.39, 0.29) is 5.91 Å². The highest BCUT2D eigenvalue weighted by Gasteiger charge is 2.23. The minimum atomic E-state index is -0.0807. The number of amides is 1. The van der Waals surface area contributed by atoms with Gasteiger partial charge < -0.3 is 24.3 Å². The average molecular weight is 393 g/mol. The van der Waals surface area contributed by atoms with Crippen LogP contribution >= 0.6 is 0 Å². The Bertz CT molecular complexity index is 935. The van der Waals surface area contributed by atoms with Gasteiger partial charge in [-0.2, -0.15) is 0 Å². The molecule has 0 atom stereocenters. The van der Waals surface area contributed by atoms with E-state index in [0.29, 0.717) is 31.3 Å². The van der Waals surface area contributed by atoms with Gasteiger partial charge in [-0.3, -0.25) is 4.79 Å². The standard InChI is InChI=1S/C21H23N5O3/c1-28-17-6-4-16(5-7-17)25-10-12-26(13-11-25)20(27)19-8-9-22-21(24-19)23-15-18-3-2-14-29-18/h2-9,14H,10-13,15H2,1H3,(H,22,23,24). The highest BCUT2D eigenvalue weighted by Crippen LogP contribution is 2.21. The summed E-state index contributed by atoms with van der Waals surface area (Å²) >= 11 is 0. The molecule has 0 unspecified atom stereocenters. The number of carbonyl (C=O) groups excluding carboxylic acids is 1. The Morgan fingerprint density at radius 2 is 1.93 bits per heavy atom. The number of furan rings is 1. The topological polar surface area (TPSA) is 83.7 Å². The molecule has 0 radical (unpaired) electrons. The summed E-state index contributed by atoms with van der Waals surface area (Å²) < 4.78 is 10.5. The molecule has 1 fully saturated rings. The van der Waals surface area contributed by atoms with E-state index in [9.17, 15) is 4.79 Å². The number of carbonyl (C=O) groups is 1. The maximum absolute atomic E-state index is 12.9. The summed E-state index contributed by atoms with van der Waals surface area (Å²) in [7, 11) is 1.66. The van der Waals surface area contributed by atoms with Gasteiger partial charge in [0, 0.05) is 38.1 Å². The third kappa shape index (κ3) is 4.48. The summed E-state index contributed by atoms with van der Waals surface area (Å²) in [5.41, 5.74) is 1.52. The lowest BCUT2D eigenvalue weighted by Crippen LogP contribution is -2.49. The number of anilines is 2. The van der Waals surface area contributed by atoms with E-state index in [1.165, 1.54) is 0 Å². The van der Waals surface area contributed by atoms with Crippen LogP contribution in [0.4, 0.5) is 11.6 Å². The first-order chi connectivity index (χ1) is 14.2. The maximum atomic E-state index is 12.9. The molecule has 3 aromatic rings. The molecule has 1 aromatic carbocycles. The number of nitrogens with zero attached hydrogens (tertiary/aromatic N) is 4. The van der Waals surface area contributed by atoms with Crippen LogP contribution in [0.3, 0.4) is 0 Å². The molecule has 1 saturated heterocycles. The van der Waals surface area contributed by atoms with Crippen LogP contribution in [0.25, 0.3) is 0 Å². The Labute approximate surface area is 169 Å². The van der Waals surface area contributed by atoms with E-state index in [0.717, 1.165) is 30.3 Å². The molecule has 1 aliphatic rings. The molecular formula is C21H23N5O3. The van der Waals surface area contributed by atoms with E-state index in [2.05, 4.69) is 20.2 Å². The van der Waals surface area contributed by atoms with E-state index in [1.54, 1.807) is 25.6 Å². The predicted molar refractivity (Wildman–Crippen MR) is 109 cm³/mol. The van der Waals surface area contributed by atoms with Crippen LogP contribution in [0.15, 0.2) is 59.3 Å². The molecule has 0 spiro atoms. The van der Waals surface area contributed by atoms with Gasteiger partial charge in [0.25, 0.3) is 5.91 Å². The van der Waals surface area contributed by atoms with Crippen LogP contribution in [-0.2, 0) is 6.54 Å². The lowest BCUT2D eigenvalue weighted by atomic mass is 10.2. The van der Waals surface area contributed by atoms with Gasteiger partial charge in [-0.15, -0.1) is 0 Å². The fourth-order valence-corrected chi connectivity index (χ4v) is 3.27. The average Bonchev–Trinajstić information content (AvgIpc) is 3.31. The van der Waals surface area contributed by atoms with Crippen molar-refractivity contribution in [3.05, 3.63) is 66.4 Å². The molecule has 29 heavy (non-hydrogen) atoms. The number of hydrogen-bond acceptors (Lipinski definition) is 7. The van der Waals surface area contributed by atoms with Crippen molar-refractivity contribution in [2.75, 3.05) is 43.5 Å². The summed E-state index contributed by atoms with van der Waals surface area (Å²) in [4.78, 5) is 25.5. The maximum Gasteiger partial charge on any atom is 0.272 e. The highest BCUT2D eigenvalue weighted by atomic mass is 16.5. The molecule has 1 N–H and O–H groups in total. The van der Waals surface area contributed by atoms with E-state index < -0.39 is 0 Å². The van der Waals surface area contributed by atoms with Crippen LogP contribution in [0.5, 0.6) is 5.75 Å². The van der Waals surface area contributed by atoms with Crippen molar-refractivity contribution in [2.45, 2.75) is 6.54 Å². The summed E-state index contributed by atoms with van der Waals surface area (Å²) in [6.45, 7) is 3.29. The second kappa shape index (κ2) is 8.64. The molecule has 3 heterocycles. The zero-order valence-electron chi connectivity index (χ0n) is 16.2. The van der Waals surface area contributed by atoms with Gasteiger partial charge in [-0.25, -0.2) is 9.97 Å². The van der Waals surface area contributed by atoms with Crippen LogP contribution in [0.2, 0.25) is 0 Å². The van der Waals surface area contributed by atoms with Crippen molar-refractivity contribution in [2.24, 2.45) is 0 Å². The highest BCUT2D eigenvalue weighted by molar-refractivity contribution is 5.92. The Hall–Kier alpha value is -3.55. The van der Waals surface area contributed by atoms with Crippen molar-refractivity contribution in [1.82, 2.24) is 14.9 Å². The monoisotopic (exact) mass is 393 g/mol. The number of hydrogen-bond donors (Lipinski definition) is 1. The van der Waals surface area contributed by atoms with Gasteiger partial charge in [0.1, 0.15) is 17.2 Å². The van der Waals surface area contributed by atoms with Gasteiger partial charge in [0.15, 0.2) is 0 Å². The molecule has 1 amide bonds. The third-order valence-electron chi connectivity index (χ3n) is 4.88. The summed E-state index contributed by atoms with van der Waals surface area (Å²) in [6.07, 6.45) is 3.21. The molecular weight excluding hydrogens is 370 g/mol. The molecule has 0 bridgehead atoms. The van der Waals surface area contributed by atoms with E-state index >= 15 is 0 Å². The van der Waals surface area contributed by atoms with Crippen molar-refractivity contribution in [3.8, 4) is 5.75 Å². The molecule has 4 rings (SSSR count). The summed E-state index contributed by atoms with van der Waals surface area (Å²) in [5.74, 6) is 1.94. The zero-order chi connectivity index (χ0) is 20.1. The third-order valence-corrected chi connectivity index (χ3v) is 4.88. The minimum Gasteiger partial charge on any atom is -0.497 e. The first-order valence-electron chi connectivity index (χ1n) is 9.50. The molecule has 8 nitrogen and oxygen atoms in total. The lowest BCUT2D eigenvalue weighted by Gasteiger charge is -2.36. The van der Waals surface area contributed by atoms with Gasteiger partial charge in [-0.1, -0.05) is 0 Å². The lowest BCUT2D eigenvalue weighted by molar-refractivity contribution is 0.0741. The van der Waals surface area contributed by atoms with Gasteiger partial charge in [0.2, 0.25) is 5.95 Å². The number of methoxy groups -OCH3 is 1. The SMILES string of the molecule is COc1ccc(N2CCN(C(=O)c3ccnc(NCc4ccco4)n3)CC2)cc1. The molecule has 1 aliphatic heterocycles. The number of rotatable bonds is 6. The number of benzene rings is 1. The van der Waals surface area contributed by atoms with Crippen LogP contribution < -0.4 is 15.0 Å². The van der Waals surface area contributed by atoms with Gasteiger partial charge >= 0.3 is 0 Å². The fourth-order valence-electron chi connectivity index (χ4n) is 3.27. The van der Waals surface area contributed by atoms with Gasteiger partial charge in [0.05, 0.1) is 19.9 Å². The molecule has 0 saturated carbocycles. The predicted octanol–water partition coefficient (Wildman–Crippen LogP) is 2.65. The van der Waals surface area contributed by atoms with Gasteiger partial charge in [-0.05, 0) is 42.5 Å². The Morgan fingerprint density at radius 1 is 1.14 bits per heavy atom. The van der Waals surface area contributed by atoms with Crippen LogP contribution in [0.1, 0.15) is 16.2 Å². The molecule has 150 valence electrons. The van der Waals surface area contributed by atoms with Crippen molar-refractivity contribution in [1.29, 1.82) is 0 Å². The Kier molecular flexibility index (Phi) is 5.60. The minimum absolute atomic E-state index is 0.0807. The second-order valence-electron chi connectivity index (χ2n) is 6.68. The van der Waals surface area contributed by atoms with Crippen LogP contribution in [0, 0.1) is 0 Å². The Morgan fingerprint density at radius 3 is 2.62 bits per heavy atom. The first kappa shape index (κ1) is 18.8. The van der Waals surface area contributed by atoms with Crippen molar-refractivity contribution in [3.63, 3.8) is 0 Å². The normalized spacial score (nSPS) is 14.0. The number of nitrogens with one attached hydrogen (secondary N) is 1. The van der Waals surface area contributed by atoms with E-state index in [4.69, 9.17) is 9.15 Å². The van der Waals surface area contributed by atoms with Crippen LogP contribution in [-0.4, -0.2) is 54.1 Å². The first-order valence-corrected chi connectivity index (χ1v) is 9.50. The summed E-state index contributed by atoms with van der Waals surface area (Å²) in [5, 5.41) is 3.08. The Balaban J connectivity index is 1.34. The van der Waals surface area contributed by atoms with Crippen molar-refractivity contribution >= 4 is 17.5 Å².